The van der Waals surface area contributed by atoms with E-state index in [9.17, 15) is 14.0 Å². The number of carbonyl (C=O) groups excluding carboxylic acids is 1. The molecule has 2 unspecified atom stereocenters. The van der Waals surface area contributed by atoms with Crippen molar-refractivity contribution in [2.45, 2.75) is 45.4 Å². The zero-order valence-corrected chi connectivity index (χ0v) is 18.2. The zero-order chi connectivity index (χ0) is 22.5. The summed E-state index contributed by atoms with van der Waals surface area (Å²) in [7, 11) is 0. The van der Waals surface area contributed by atoms with Gasteiger partial charge in [0.25, 0.3) is 5.91 Å². The van der Waals surface area contributed by atoms with Gasteiger partial charge in [-0.3, -0.25) is 9.59 Å². The number of amides is 1. The second-order valence-corrected chi connectivity index (χ2v) is 8.56. The topological polar surface area (TPSA) is 104 Å². The minimum absolute atomic E-state index is 0.0283. The van der Waals surface area contributed by atoms with Crippen LogP contribution in [-0.2, 0) is 4.79 Å². The summed E-state index contributed by atoms with van der Waals surface area (Å²) in [5.41, 5.74) is 1.23. The van der Waals surface area contributed by atoms with Crippen molar-refractivity contribution < 1.29 is 19.1 Å². The molecular weight excluding hydrogens is 423 g/mol. The molecule has 1 aliphatic carbocycles. The summed E-state index contributed by atoms with van der Waals surface area (Å²) >= 11 is 5.73. The molecule has 2 atom stereocenters. The number of anilines is 2. The number of carbonyl (C=O) groups is 2. The highest BCUT2D eigenvalue weighted by atomic mass is 35.5. The zero-order valence-electron chi connectivity index (χ0n) is 17.5. The third kappa shape index (κ3) is 5.91. The summed E-state index contributed by atoms with van der Waals surface area (Å²) < 4.78 is 13.7. The monoisotopic (exact) mass is 448 g/mol. The lowest BCUT2D eigenvalue weighted by atomic mass is 9.93. The predicted molar refractivity (Wildman–Crippen MR) is 116 cm³/mol. The molecule has 166 valence electrons. The number of nitrogens with zero attached hydrogens (tertiary/aromatic N) is 2. The Balaban J connectivity index is 1.70. The van der Waals surface area contributed by atoms with Crippen molar-refractivity contribution in [1.29, 1.82) is 0 Å². The molecule has 1 aromatic heterocycles. The summed E-state index contributed by atoms with van der Waals surface area (Å²) in [6, 6.07) is 4.35. The van der Waals surface area contributed by atoms with Crippen LogP contribution in [0.15, 0.2) is 24.4 Å². The first kappa shape index (κ1) is 22.9. The highest BCUT2D eigenvalue weighted by Crippen LogP contribution is 2.33. The van der Waals surface area contributed by atoms with Gasteiger partial charge in [-0.05, 0) is 48.8 Å². The molecule has 1 saturated carbocycles. The first-order valence-electron chi connectivity index (χ1n) is 10.3. The van der Waals surface area contributed by atoms with Gasteiger partial charge in [0.1, 0.15) is 11.5 Å². The SMILES string of the molecule is CC(C)c1nc(C(=O)NCC2CCCC2CC(=O)O)cnc1Nc1ccc(Cl)c(F)c1. The number of benzene rings is 1. The van der Waals surface area contributed by atoms with Crippen molar-refractivity contribution in [1.82, 2.24) is 15.3 Å². The smallest absolute Gasteiger partial charge is 0.303 e. The average molecular weight is 449 g/mol. The van der Waals surface area contributed by atoms with Crippen molar-refractivity contribution in [3.05, 3.63) is 46.6 Å². The van der Waals surface area contributed by atoms with Crippen LogP contribution in [-0.4, -0.2) is 33.5 Å². The van der Waals surface area contributed by atoms with Gasteiger partial charge in [-0.2, -0.15) is 0 Å². The van der Waals surface area contributed by atoms with Crippen LogP contribution in [0.2, 0.25) is 5.02 Å². The van der Waals surface area contributed by atoms with Crippen LogP contribution in [0.25, 0.3) is 0 Å². The fourth-order valence-electron chi connectivity index (χ4n) is 3.91. The Morgan fingerprint density at radius 2 is 2.03 bits per heavy atom. The molecule has 9 heteroatoms. The van der Waals surface area contributed by atoms with Crippen molar-refractivity contribution in [2.24, 2.45) is 11.8 Å². The molecule has 0 saturated heterocycles. The second-order valence-electron chi connectivity index (χ2n) is 8.16. The molecule has 1 aliphatic rings. The number of carboxylic acid groups (broad SMARTS) is 1. The van der Waals surface area contributed by atoms with E-state index in [1.807, 2.05) is 13.8 Å². The fourth-order valence-corrected chi connectivity index (χ4v) is 4.03. The number of aliphatic carboxylic acids is 1. The molecular formula is C22H26ClFN4O3. The van der Waals surface area contributed by atoms with Gasteiger partial charge in [0, 0.05) is 18.7 Å². The molecule has 7 nitrogen and oxygen atoms in total. The third-order valence-electron chi connectivity index (χ3n) is 5.54. The Hall–Kier alpha value is -2.74. The van der Waals surface area contributed by atoms with Crippen molar-refractivity contribution >= 4 is 35.0 Å². The molecule has 0 radical (unpaired) electrons. The molecule has 0 aliphatic heterocycles. The maximum atomic E-state index is 13.7. The Labute approximate surface area is 185 Å². The molecule has 1 heterocycles. The lowest BCUT2D eigenvalue weighted by molar-refractivity contribution is -0.138. The minimum atomic E-state index is -0.806. The van der Waals surface area contributed by atoms with Gasteiger partial charge in [-0.15, -0.1) is 0 Å². The van der Waals surface area contributed by atoms with Gasteiger partial charge in [0.05, 0.1) is 16.9 Å². The summed E-state index contributed by atoms with van der Waals surface area (Å²) in [6.07, 6.45) is 4.25. The van der Waals surface area contributed by atoms with E-state index in [0.717, 1.165) is 19.3 Å². The van der Waals surface area contributed by atoms with Crippen LogP contribution in [0.4, 0.5) is 15.9 Å². The molecule has 1 amide bonds. The fraction of sp³-hybridized carbons (Fsp3) is 0.455. The van der Waals surface area contributed by atoms with Gasteiger partial charge >= 0.3 is 5.97 Å². The normalized spacial score (nSPS) is 18.2. The number of carboxylic acids is 1. The van der Waals surface area contributed by atoms with E-state index in [1.54, 1.807) is 6.07 Å². The maximum Gasteiger partial charge on any atom is 0.303 e. The largest absolute Gasteiger partial charge is 0.481 e. The number of halogens is 2. The van der Waals surface area contributed by atoms with Crippen LogP contribution >= 0.6 is 11.6 Å². The molecule has 1 fully saturated rings. The lowest BCUT2D eigenvalue weighted by Crippen LogP contribution is -2.32. The van der Waals surface area contributed by atoms with E-state index in [4.69, 9.17) is 16.7 Å². The van der Waals surface area contributed by atoms with Gasteiger partial charge in [0.15, 0.2) is 5.82 Å². The van der Waals surface area contributed by atoms with Gasteiger partial charge < -0.3 is 15.7 Å². The van der Waals surface area contributed by atoms with E-state index in [1.165, 1.54) is 18.3 Å². The molecule has 0 bridgehead atoms. The Kier molecular flexibility index (Phi) is 7.43. The molecule has 31 heavy (non-hydrogen) atoms. The lowest BCUT2D eigenvalue weighted by Gasteiger charge is -2.19. The molecule has 2 aromatic rings. The van der Waals surface area contributed by atoms with Gasteiger partial charge in [0.2, 0.25) is 0 Å². The Bertz CT molecular complexity index is 970. The number of aromatic nitrogens is 2. The van der Waals surface area contributed by atoms with E-state index < -0.39 is 11.8 Å². The van der Waals surface area contributed by atoms with Gasteiger partial charge in [-0.25, -0.2) is 14.4 Å². The first-order valence-corrected chi connectivity index (χ1v) is 10.7. The van der Waals surface area contributed by atoms with E-state index in [-0.39, 0.29) is 40.8 Å². The summed E-state index contributed by atoms with van der Waals surface area (Å²) in [5, 5.41) is 15.0. The number of hydrogen-bond acceptors (Lipinski definition) is 5. The van der Waals surface area contributed by atoms with E-state index in [0.29, 0.717) is 23.7 Å². The third-order valence-corrected chi connectivity index (χ3v) is 5.85. The molecule has 0 spiro atoms. The van der Waals surface area contributed by atoms with Crippen LogP contribution in [0.5, 0.6) is 0 Å². The molecule has 3 N–H and O–H groups in total. The highest BCUT2D eigenvalue weighted by Gasteiger charge is 2.29. The number of rotatable bonds is 8. The van der Waals surface area contributed by atoms with Crippen LogP contribution in [0.1, 0.15) is 61.6 Å². The molecule has 1 aromatic carbocycles. The maximum absolute atomic E-state index is 13.7. The van der Waals surface area contributed by atoms with Crippen molar-refractivity contribution in [3.63, 3.8) is 0 Å². The van der Waals surface area contributed by atoms with Crippen molar-refractivity contribution in [2.75, 3.05) is 11.9 Å². The second kappa shape index (κ2) is 10.0. The average Bonchev–Trinajstić information content (AvgIpc) is 3.15. The first-order chi connectivity index (χ1) is 14.7. The van der Waals surface area contributed by atoms with Crippen LogP contribution in [0.3, 0.4) is 0 Å². The quantitative estimate of drug-likeness (QED) is 0.538. The van der Waals surface area contributed by atoms with Crippen LogP contribution in [0, 0.1) is 17.7 Å². The number of nitrogens with one attached hydrogen (secondary N) is 2. The summed E-state index contributed by atoms with van der Waals surface area (Å²) in [4.78, 5) is 32.5. The predicted octanol–water partition coefficient (Wildman–Crippen LogP) is 4.76. The van der Waals surface area contributed by atoms with E-state index in [2.05, 4.69) is 20.6 Å². The molecule has 3 rings (SSSR count). The summed E-state index contributed by atoms with van der Waals surface area (Å²) in [6.45, 7) is 4.27. The highest BCUT2D eigenvalue weighted by molar-refractivity contribution is 6.30. The number of hydrogen-bond donors (Lipinski definition) is 3. The minimum Gasteiger partial charge on any atom is -0.481 e. The van der Waals surface area contributed by atoms with E-state index >= 15 is 0 Å². The standard InChI is InChI=1S/C22H26ClFN4O3/c1-12(2)20-21(27-15-6-7-16(23)17(24)9-15)25-11-18(28-20)22(31)26-10-14-5-3-4-13(14)8-19(29)30/h6-7,9,11-14H,3-5,8,10H2,1-2H3,(H,25,27)(H,26,31)(H,29,30). The Morgan fingerprint density at radius 3 is 2.71 bits per heavy atom. The van der Waals surface area contributed by atoms with Crippen LogP contribution < -0.4 is 10.6 Å². The van der Waals surface area contributed by atoms with Crippen molar-refractivity contribution in [3.8, 4) is 0 Å². The van der Waals surface area contributed by atoms with Gasteiger partial charge in [-0.1, -0.05) is 31.9 Å². The Morgan fingerprint density at radius 1 is 1.29 bits per heavy atom. The summed E-state index contributed by atoms with van der Waals surface area (Å²) in [5.74, 6) is -1.06.